The third-order valence-corrected chi connectivity index (χ3v) is 4.10. The lowest BCUT2D eigenvalue weighted by atomic mass is 9.87. The van der Waals surface area contributed by atoms with Gasteiger partial charge in [-0.1, -0.05) is 30.4 Å². The summed E-state index contributed by atoms with van der Waals surface area (Å²) in [6.45, 7) is 1.87. The molecule has 2 bridgehead atoms. The van der Waals surface area contributed by atoms with Crippen LogP contribution < -0.4 is 4.74 Å². The van der Waals surface area contributed by atoms with Gasteiger partial charge < -0.3 is 4.74 Å². The number of rotatable bonds is 4. The highest BCUT2D eigenvalue weighted by Crippen LogP contribution is 2.44. The minimum absolute atomic E-state index is 0.179. The maximum absolute atomic E-state index is 12.4. The molecule has 0 spiro atoms. The lowest BCUT2D eigenvalue weighted by molar-refractivity contribution is -0.129. The number of benzene rings is 1. The van der Waals surface area contributed by atoms with Crippen LogP contribution in [0.25, 0.3) is 0 Å². The average Bonchev–Trinajstić information content (AvgIpc) is 3.01. The normalized spacial score (nSPS) is 30.4. The van der Waals surface area contributed by atoms with Crippen molar-refractivity contribution < 1.29 is 9.53 Å². The molecule has 94 valence electrons. The van der Waals surface area contributed by atoms with Gasteiger partial charge in [-0.2, -0.15) is 0 Å². The number of hydrogen-bond acceptors (Lipinski definition) is 2. The number of carbonyl (C=O) groups excluding carboxylic acids is 1. The Balaban J connectivity index is 1.64. The molecule has 0 aliphatic heterocycles. The van der Waals surface area contributed by atoms with Crippen LogP contribution in [0.15, 0.2) is 42.5 Å². The first-order valence-corrected chi connectivity index (χ1v) is 6.68. The van der Waals surface area contributed by atoms with E-state index >= 15 is 0 Å². The third kappa shape index (κ3) is 2.07. The zero-order valence-electron chi connectivity index (χ0n) is 10.6. The van der Waals surface area contributed by atoms with Crippen molar-refractivity contribution in [1.82, 2.24) is 0 Å². The highest BCUT2D eigenvalue weighted by molar-refractivity contribution is 5.86. The van der Waals surface area contributed by atoms with Crippen molar-refractivity contribution in [2.45, 2.75) is 25.9 Å². The molecule has 3 rings (SSSR count). The molecule has 2 aliphatic rings. The first-order chi connectivity index (χ1) is 8.74. The molecule has 2 aliphatic carbocycles. The van der Waals surface area contributed by atoms with Crippen molar-refractivity contribution in [3.63, 3.8) is 0 Å². The van der Waals surface area contributed by atoms with Crippen LogP contribution >= 0.6 is 0 Å². The van der Waals surface area contributed by atoms with Crippen molar-refractivity contribution >= 4 is 5.78 Å². The Morgan fingerprint density at radius 1 is 1.22 bits per heavy atom. The quantitative estimate of drug-likeness (QED) is 0.758. The predicted molar refractivity (Wildman–Crippen MR) is 70.4 cm³/mol. The summed E-state index contributed by atoms with van der Waals surface area (Å²) in [5, 5.41) is 0. The van der Waals surface area contributed by atoms with Crippen molar-refractivity contribution in [2.24, 2.45) is 17.8 Å². The summed E-state index contributed by atoms with van der Waals surface area (Å²) in [7, 11) is 0. The number of fused-ring (bicyclic) bond motifs is 2. The van der Waals surface area contributed by atoms with Gasteiger partial charge in [0, 0.05) is 5.92 Å². The third-order valence-electron chi connectivity index (χ3n) is 4.10. The Bertz CT molecular complexity index is 463. The number of Topliss-reactive ketones (excluding diaryl/α,β-unsaturated/α-hetero) is 1. The van der Waals surface area contributed by atoms with Crippen molar-refractivity contribution in [3.05, 3.63) is 42.5 Å². The molecule has 4 atom stereocenters. The molecule has 0 heterocycles. The van der Waals surface area contributed by atoms with E-state index in [2.05, 4.69) is 12.2 Å². The monoisotopic (exact) mass is 242 g/mol. The van der Waals surface area contributed by atoms with Crippen LogP contribution in [0.2, 0.25) is 0 Å². The number of ketones is 1. The van der Waals surface area contributed by atoms with E-state index in [-0.39, 0.29) is 17.8 Å². The fourth-order valence-corrected chi connectivity index (χ4v) is 3.17. The predicted octanol–water partition coefficient (Wildman–Crippen LogP) is 3.24. The summed E-state index contributed by atoms with van der Waals surface area (Å²) in [6.07, 6.45) is 6.31. The molecular weight excluding hydrogens is 224 g/mol. The van der Waals surface area contributed by atoms with E-state index in [9.17, 15) is 4.79 Å². The van der Waals surface area contributed by atoms with Gasteiger partial charge in [-0.05, 0) is 43.7 Å². The standard InChI is InChI=1S/C16H18O2/c1-11(18-14-5-3-2-4-6-14)16(17)15-10-12-7-8-13(15)9-12/h2-8,11-13,15H,9-10H2,1H3. The van der Waals surface area contributed by atoms with E-state index in [1.54, 1.807) is 0 Å². The van der Waals surface area contributed by atoms with Gasteiger partial charge in [-0.15, -0.1) is 0 Å². The van der Waals surface area contributed by atoms with Crippen LogP contribution in [0.4, 0.5) is 0 Å². The van der Waals surface area contributed by atoms with Crippen LogP contribution in [-0.2, 0) is 4.79 Å². The Morgan fingerprint density at radius 2 is 2.00 bits per heavy atom. The lowest BCUT2D eigenvalue weighted by Gasteiger charge is -2.21. The van der Waals surface area contributed by atoms with Crippen molar-refractivity contribution in [3.8, 4) is 5.75 Å². The minimum Gasteiger partial charge on any atom is -0.483 e. The van der Waals surface area contributed by atoms with E-state index < -0.39 is 0 Å². The summed E-state index contributed by atoms with van der Waals surface area (Å²) in [4.78, 5) is 12.4. The van der Waals surface area contributed by atoms with E-state index in [1.165, 1.54) is 0 Å². The first kappa shape index (κ1) is 11.5. The Hall–Kier alpha value is -1.57. The summed E-state index contributed by atoms with van der Waals surface area (Å²) >= 11 is 0. The molecule has 18 heavy (non-hydrogen) atoms. The molecule has 2 nitrogen and oxygen atoms in total. The molecule has 4 unspecified atom stereocenters. The summed E-state index contributed by atoms with van der Waals surface area (Å²) in [5.74, 6) is 2.31. The molecule has 0 saturated heterocycles. The fourth-order valence-electron chi connectivity index (χ4n) is 3.17. The molecule has 1 aromatic carbocycles. The van der Waals surface area contributed by atoms with Crippen LogP contribution in [0, 0.1) is 17.8 Å². The number of hydrogen-bond donors (Lipinski definition) is 0. The van der Waals surface area contributed by atoms with Crippen molar-refractivity contribution in [1.29, 1.82) is 0 Å². The summed E-state index contributed by atoms with van der Waals surface area (Å²) in [5.41, 5.74) is 0. The van der Waals surface area contributed by atoms with Gasteiger partial charge in [0.15, 0.2) is 11.9 Å². The Morgan fingerprint density at radius 3 is 2.61 bits per heavy atom. The summed E-state index contributed by atoms with van der Waals surface area (Å²) < 4.78 is 5.72. The number of para-hydroxylation sites is 1. The second-order valence-corrected chi connectivity index (χ2v) is 5.36. The number of ether oxygens (including phenoxy) is 1. The van der Waals surface area contributed by atoms with E-state index in [1.807, 2.05) is 37.3 Å². The minimum atomic E-state index is -0.342. The van der Waals surface area contributed by atoms with Crippen LogP contribution in [-0.4, -0.2) is 11.9 Å². The van der Waals surface area contributed by atoms with Gasteiger partial charge in [0.2, 0.25) is 0 Å². The first-order valence-electron chi connectivity index (χ1n) is 6.68. The zero-order chi connectivity index (χ0) is 12.5. The highest BCUT2D eigenvalue weighted by atomic mass is 16.5. The fraction of sp³-hybridized carbons (Fsp3) is 0.438. The van der Waals surface area contributed by atoms with Crippen LogP contribution in [0.5, 0.6) is 5.75 Å². The van der Waals surface area contributed by atoms with Gasteiger partial charge in [-0.25, -0.2) is 0 Å². The maximum Gasteiger partial charge on any atom is 0.176 e. The zero-order valence-corrected chi connectivity index (χ0v) is 10.6. The molecule has 2 heteroatoms. The van der Waals surface area contributed by atoms with Crippen LogP contribution in [0.1, 0.15) is 19.8 Å². The molecule has 1 aromatic rings. The van der Waals surface area contributed by atoms with E-state index in [0.717, 1.165) is 18.6 Å². The molecule has 0 amide bonds. The SMILES string of the molecule is CC(Oc1ccccc1)C(=O)C1CC2C=CC1C2. The average molecular weight is 242 g/mol. The smallest absolute Gasteiger partial charge is 0.176 e. The second-order valence-electron chi connectivity index (χ2n) is 5.36. The molecule has 0 N–H and O–H groups in total. The Kier molecular flexibility index (Phi) is 2.94. The van der Waals surface area contributed by atoms with Gasteiger partial charge >= 0.3 is 0 Å². The summed E-state index contributed by atoms with van der Waals surface area (Å²) in [6, 6.07) is 9.58. The number of carbonyl (C=O) groups is 1. The molecule has 1 saturated carbocycles. The molecular formula is C16H18O2. The van der Waals surface area contributed by atoms with Gasteiger partial charge in [0.1, 0.15) is 5.75 Å². The molecule has 0 aromatic heterocycles. The van der Waals surface area contributed by atoms with E-state index in [0.29, 0.717) is 11.8 Å². The van der Waals surface area contributed by atoms with Crippen LogP contribution in [0.3, 0.4) is 0 Å². The van der Waals surface area contributed by atoms with E-state index in [4.69, 9.17) is 4.74 Å². The molecule has 0 radical (unpaired) electrons. The van der Waals surface area contributed by atoms with Gasteiger partial charge in [0.05, 0.1) is 0 Å². The van der Waals surface area contributed by atoms with Gasteiger partial charge in [0.25, 0.3) is 0 Å². The topological polar surface area (TPSA) is 26.3 Å². The number of allylic oxidation sites excluding steroid dienone is 2. The highest BCUT2D eigenvalue weighted by Gasteiger charge is 2.41. The second kappa shape index (κ2) is 4.60. The van der Waals surface area contributed by atoms with Crippen molar-refractivity contribution in [2.75, 3.05) is 0 Å². The maximum atomic E-state index is 12.4. The largest absolute Gasteiger partial charge is 0.483 e. The van der Waals surface area contributed by atoms with Gasteiger partial charge in [-0.3, -0.25) is 4.79 Å². The Labute approximate surface area is 108 Å². The molecule has 1 fully saturated rings. The lowest BCUT2D eigenvalue weighted by Crippen LogP contribution is -2.32.